The van der Waals surface area contributed by atoms with Crippen LogP contribution in [0, 0.1) is 3.14 Å². The van der Waals surface area contributed by atoms with Crippen molar-refractivity contribution < 1.29 is 4.79 Å². The van der Waals surface area contributed by atoms with Crippen molar-refractivity contribution in [1.82, 2.24) is 0 Å². The summed E-state index contributed by atoms with van der Waals surface area (Å²) in [5.74, 6) is 0.0170. The Morgan fingerprint density at radius 2 is 1.94 bits per heavy atom. The topological polar surface area (TPSA) is 17.1 Å². The molecule has 1 nitrogen and oxygen atoms in total. The number of rotatable bonds is 3. The minimum Gasteiger partial charge on any atom is -0.288 e. The van der Waals surface area contributed by atoms with E-state index < -0.39 is 0 Å². The number of carbonyl (C=O) groups is 1. The molecular weight excluding hydrogens is 312 g/mol. The van der Waals surface area contributed by atoms with Crippen LogP contribution in [0.25, 0.3) is 0 Å². The molecule has 0 bridgehead atoms. The molecule has 0 aliphatic carbocycles. The molecule has 0 aliphatic rings. The molecular formula is C11H7ClOS4. The minimum absolute atomic E-state index is 0.0170. The van der Waals surface area contributed by atoms with Gasteiger partial charge in [-0.05, 0) is 30.5 Å². The van der Waals surface area contributed by atoms with E-state index in [1.807, 2.05) is 6.26 Å². The van der Waals surface area contributed by atoms with Crippen LogP contribution < -0.4 is 0 Å². The SMILES string of the molecule is CSc1sc(=S)sc1C(=O)c1ccc(Cl)cc1. The summed E-state index contributed by atoms with van der Waals surface area (Å²) in [6.45, 7) is 0. The highest BCUT2D eigenvalue weighted by Gasteiger charge is 2.16. The van der Waals surface area contributed by atoms with Crippen LogP contribution in [0.3, 0.4) is 0 Å². The van der Waals surface area contributed by atoms with Crippen molar-refractivity contribution in [1.29, 1.82) is 0 Å². The molecule has 6 heteroatoms. The molecule has 0 N–H and O–H groups in total. The third-order valence-corrected chi connectivity index (χ3v) is 6.20. The van der Waals surface area contributed by atoms with Gasteiger partial charge in [-0.2, -0.15) is 0 Å². The van der Waals surface area contributed by atoms with Crippen molar-refractivity contribution in [2.75, 3.05) is 6.26 Å². The number of halogens is 1. The maximum atomic E-state index is 12.3. The molecule has 0 fully saturated rings. The number of hydrogen-bond acceptors (Lipinski definition) is 5. The average molecular weight is 319 g/mol. The van der Waals surface area contributed by atoms with E-state index in [4.69, 9.17) is 23.8 Å². The molecule has 0 saturated heterocycles. The highest BCUT2D eigenvalue weighted by molar-refractivity contribution is 8.01. The van der Waals surface area contributed by atoms with Gasteiger partial charge in [-0.25, -0.2) is 0 Å². The Hall–Kier alpha value is -0.200. The maximum Gasteiger partial charge on any atom is 0.205 e. The largest absolute Gasteiger partial charge is 0.288 e. The maximum absolute atomic E-state index is 12.3. The fourth-order valence-corrected chi connectivity index (χ4v) is 5.17. The lowest BCUT2D eigenvalue weighted by atomic mass is 10.1. The van der Waals surface area contributed by atoms with Crippen LogP contribution in [-0.2, 0) is 0 Å². The third kappa shape index (κ3) is 2.98. The van der Waals surface area contributed by atoms with Gasteiger partial charge >= 0.3 is 0 Å². The third-order valence-electron chi connectivity index (χ3n) is 2.04. The standard InChI is InChI=1S/C11H7ClOS4/c1-15-10-9(16-11(14)17-10)8(13)6-2-4-7(12)5-3-6/h2-5H,1H3. The Morgan fingerprint density at radius 3 is 2.53 bits per heavy atom. The monoisotopic (exact) mass is 318 g/mol. The lowest BCUT2D eigenvalue weighted by Gasteiger charge is -2.00. The van der Waals surface area contributed by atoms with Crippen LogP contribution in [0.5, 0.6) is 0 Å². The zero-order valence-corrected chi connectivity index (χ0v) is 12.8. The molecule has 1 heterocycles. The Labute approximate surface area is 121 Å². The summed E-state index contributed by atoms with van der Waals surface area (Å²) >= 11 is 15.3. The first-order valence-electron chi connectivity index (χ1n) is 4.60. The highest BCUT2D eigenvalue weighted by Crippen LogP contribution is 2.34. The number of carbonyl (C=O) groups excluding carboxylic acids is 1. The van der Waals surface area contributed by atoms with E-state index in [1.165, 1.54) is 22.7 Å². The molecule has 0 aliphatic heterocycles. The quantitative estimate of drug-likeness (QED) is 0.443. The van der Waals surface area contributed by atoms with Crippen LogP contribution in [0.15, 0.2) is 28.5 Å². The first-order chi connectivity index (χ1) is 8.11. The second-order valence-corrected chi connectivity index (χ2v) is 7.85. The summed E-state index contributed by atoms with van der Waals surface area (Å²) in [6, 6.07) is 6.92. The molecule has 17 heavy (non-hydrogen) atoms. The molecule has 0 unspecified atom stereocenters. The molecule has 88 valence electrons. The van der Waals surface area contributed by atoms with Crippen LogP contribution >= 0.6 is 58.3 Å². The second-order valence-electron chi connectivity index (χ2n) is 3.11. The Morgan fingerprint density at radius 1 is 1.29 bits per heavy atom. The summed E-state index contributed by atoms with van der Waals surface area (Å²) in [4.78, 5) is 13.0. The summed E-state index contributed by atoms with van der Waals surface area (Å²) in [5.41, 5.74) is 0.647. The molecule has 0 radical (unpaired) electrons. The number of hydrogen-bond donors (Lipinski definition) is 0. The van der Waals surface area contributed by atoms with Gasteiger partial charge in [0, 0.05) is 10.6 Å². The van der Waals surface area contributed by atoms with E-state index in [9.17, 15) is 4.79 Å². The molecule has 1 aromatic heterocycles. The van der Waals surface area contributed by atoms with Gasteiger partial charge < -0.3 is 0 Å². The van der Waals surface area contributed by atoms with E-state index in [-0.39, 0.29) is 5.78 Å². The van der Waals surface area contributed by atoms with Gasteiger partial charge in [0.1, 0.15) is 8.01 Å². The van der Waals surface area contributed by atoms with E-state index in [0.717, 1.165) is 12.2 Å². The zero-order chi connectivity index (χ0) is 12.4. The van der Waals surface area contributed by atoms with E-state index in [1.54, 1.807) is 36.0 Å². The lowest BCUT2D eigenvalue weighted by molar-refractivity contribution is 0.104. The van der Waals surface area contributed by atoms with Gasteiger partial charge in [-0.1, -0.05) is 23.8 Å². The van der Waals surface area contributed by atoms with Gasteiger partial charge in [0.2, 0.25) is 5.78 Å². The Bertz CT molecular complexity index is 597. The first kappa shape index (κ1) is 13.2. The first-order valence-corrected chi connectivity index (χ1v) is 8.24. The van der Waals surface area contributed by atoms with E-state index in [2.05, 4.69) is 0 Å². The smallest absolute Gasteiger partial charge is 0.205 e. The van der Waals surface area contributed by atoms with Crippen LogP contribution in [0.4, 0.5) is 0 Å². The number of thioether (sulfide) groups is 1. The Kier molecular flexibility index (Phi) is 4.38. The van der Waals surface area contributed by atoms with Crippen molar-refractivity contribution in [3.63, 3.8) is 0 Å². The molecule has 0 atom stereocenters. The normalized spacial score (nSPS) is 10.5. The van der Waals surface area contributed by atoms with Crippen LogP contribution in [0.2, 0.25) is 5.02 Å². The van der Waals surface area contributed by atoms with Crippen molar-refractivity contribution in [3.05, 3.63) is 42.9 Å². The zero-order valence-electron chi connectivity index (χ0n) is 8.73. The summed E-state index contributed by atoms with van der Waals surface area (Å²) < 4.78 is 1.77. The summed E-state index contributed by atoms with van der Waals surface area (Å²) in [7, 11) is 0. The Balaban J connectivity index is 2.43. The predicted molar refractivity (Wildman–Crippen MR) is 79.7 cm³/mol. The summed E-state index contributed by atoms with van der Waals surface area (Å²) in [5, 5.41) is 0.629. The van der Waals surface area contributed by atoms with E-state index in [0.29, 0.717) is 10.6 Å². The molecule has 0 amide bonds. The van der Waals surface area contributed by atoms with Gasteiger partial charge in [0.05, 0.1) is 4.21 Å². The highest BCUT2D eigenvalue weighted by atomic mass is 35.5. The van der Waals surface area contributed by atoms with Gasteiger partial charge in [0.25, 0.3) is 0 Å². The molecule has 0 saturated carbocycles. The number of benzene rings is 1. The minimum atomic E-state index is 0.0170. The van der Waals surface area contributed by atoms with Crippen molar-refractivity contribution in [3.8, 4) is 0 Å². The van der Waals surface area contributed by atoms with Gasteiger partial charge in [-0.15, -0.1) is 34.4 Å². The number of ketones is 1. The summed E-state index contributed by atoms with van der Waals surface area (Å²) in [6.07, 6.45) is 1.95. The van der Waals surface area contributed by atoms with Gasteiger partial charge in [0.15, 0.2) is 0 Å². The van der Waals surface area contributed by atoms with Gasteiger partial charge in [-0.3, -0.25) is 4.79 Å². The fraction of sp³-hybridized carbons (Fsp3) is 0.0909. The van der Waals surface area contributed by atoms with Crippen molar-refractivity contribution in [2.24, 2.45) is 0 Å². The predicted octanol–water partition coefficient (Wildman–Crippen LogP) is 5.15. The van der Waals surface area contributed by atoms with E-state index >= 15 is 0 Å². The molecule has 2 aromatic rings. The van der Waals surface area contributed by atoms with Crippen molar-refractivity contribution >= 4 is 64.0 Å². The molecule has 0 spiro atoms. The molecule has 1 aromatic carbocycles. The fourth-order valence-electron chi connectivity index (χ4n) is 1.27. The van der Waals surface area contributed by atoms with Crippen molar-refractivity contribution in [2.45, 2.75) is 4.21 Å². The van der Waals surface area contributed by atoms with Crippen LogP contribution in [0.1, 0.15) is 15.2 Å². The molecule has 2 rings (SSSR count). The second kappa shape index (κ2) is 5.63. The average Bonchev–Trinajstić information content (AvgIpc) is 2.70. The lowest BCUT2D eigenvalue weighted by Crippen LogP contribution is -1.99. The van der Waals surface area contributed by atoms with Crippen LogP contribution in [-0.4, -0.2) is 12.0 Å².